The first-order valence-corrected chi connectivity index (χ1v) is 9.14. The van der Waals surface area contributed by atoms with Crippen molar-refractivity contribution in [1.29, 1.82) is 0 Å². The molecule has 5 heteroatoms. The number of fused-ring (bicyclic) bond motifs is 1. The van der Waals surface area contributed by atoms with E-state index in [0.717, 1.165) is 5.56 Å². The minimum absolute atomic E-state index is 0.0628. The molecule has 0 saturated carbocycles. The van der Waals surface area contributed by atoms with Gasteiger partial charge in [-0.1, -0.05) is 48.5 Å². The zero-order chi connectivity index (χ0) is 20.5. The zero-order valence-electron chi connectivity index (χ0n) is 16.0. The molecular weight excluding hydrogens is 366 g/mol. The van der Waals surface area contributed by atoms with E-state index in [2.05, 4.69) is 0 Å². The number of hydrogen-bond donors (Lipinski definition) is 1. The van der Waals surface area contributed by atoms with Gasteiger partial charge in [0.15, 0.2) is 11.5 Å². The van der Waals surface area contributed by atoms with Crippen LogP contribution < -0.4 is 9.64 Å². The molecule has 0 aromatic heterocycles. The van der Waals surface area contributed by atoms with Crippen LogP contribution in [-0.4, -0.2) is 24.0 Å². The standard InChI is InChI=1S/C24H19NO4/c1-15-8-3-6-12-20(15)25-23(27)18-11-5-4-10-17(18)19(24(25)28)14-16-9-7-13-21(29-2)22(16)26/h3-14,26H,1-2H3/b19-14-. The van der Waals surface area contributed by atoms with E-state index < -0.39 is 5.91 Å². The number of aromatic hydroxyl groups is 1. The number of rotatable bonds is 3. The van der Waals surface area contributed by atoms with E-state index in [1.54, 1.807) is 60.7 Å². The molecule has 0 fully saturated rings. The number of amides is 2. The van der Waals surface area contributed by atoms with Crippen molar-refractivity contribution in [1.82, 2.24) is 0 Å². The lowest BCUT2D eigenvalue weighted by atomic mass is 9.91. The van der Waals surface area contributed by atoms with Gasteiger partial charge in [-0.2, -0.15) is 0 Å². The average molecular weight is 385 g/mol. The summed E-state index contributed by atoms with van der Waals surface area (Å²) >= 11 is 0. The van der Waals surface area contributed by atoms with E-state index in [1.807, 2.05) is 19.1 Å². The molecule has 1 aliphatic heterocycles. The summed E-state index contributed by atoms with van der Waals surface area (Å²) in [4.78, 5) is 27.8. The van der Waals surface area contributed by atoms with Crippen LogP contribution in [0.5, 0.6) is 11.5 Å². The van der Waals surface area contributed by atoms with Crippen molar-refractivity contribution >= 4 is 29.2 Å². The van der Waals surface area contributed by atoms with Crippen LogP contribution in [0.25, 0.3) is 11.6 Å². The molecule has 2 amide bonds. The summed E-state index contributed by atoms with van der Waals surface area (Å²) in [7, 11) is 1.46. The normalized spacial score (nSPS) is 14.8. The van der Waals surface area contributed by atoms with Crippen LogP contribution in [0.15, 0.2) is 66.7 Å². The van der Waals surface area contributed by atoms with Crippen molar-refractivity contribution in [2.45, 2.75) is 6.92 Å². The highest BCUT2D eigenvalue weighted by atomic mass is 16.5. The quantitative estimate of drug-likeness (QED) is 0.535. The third-order valence-electron chi connectivity index (χ3n) is 4.99. The number of anilines is 1. The van der Waals surface area contributed by atoms with Gasteiger partial charge in [-0.15, -0.1) is 0 Å². The fourth-order valence-corrected chi connectivity index (χ4v) is 3.50. The molecule has 4 rings (SSSR count). The van der Waals surface area contributed by atoms with Gasteiger partial charge in [0.1, 0.15) is 0 Å². The maximum Gasteiger partial charge on any atom is 0.265 e. The average Bonchev–Trinajstić information content (AvgIpc) is 2.73. The fraction of sp³-hybridized carbons (Fsp3) is 0.0833. The SMILES string of the molecule is COc1cccc(/C=C2\C(=O)N(c3ccccc3C)C(=O)c3ccccc32)c1O. The molecule has 0 saturated heterocycles. The number of methoxy groups -OCH3 is 1. The Morgan fingerprint density at radius 3 is 2.28 bits per heavy atom. The molecule has 0 atom stereocenters. The molecule has 0 radical (unpaired) electrons. The van der Waals surface area contributed by atoms with Gasteiger partial charge in [0.2, 0.25) is 0 Å². The summed E-state index contributed by atoms with van der Waals surface area (Å²) in [5, 5.41) is 10.5. The summed E-state index contributed by atoms with van der Waals surface area (Å²) in [5.41, 5.74) is 3.09. The summed E-state index contributed by atoms with van der Waals surface area (Å²) in [6, 6.07) is 19.3. The second-order valence-corrected chi connectivity index (χ2v) is 6.73. The van der Waals surface area contributed by atoms with Gasteiger partial charge in [-0.3, -0.25) is 9.59 Å². The van der Waals surface area contributed by atoms with Gasteiger partial charge in [0, 0.05) is 16.7 Å². The van der Waals surface area contributed by atoms with Gasteiger partial charge in [-0.25, -0.2) is 4.90 Å². The molecule has 1 heterocycles. The van der Waals surface area contributed by atoms with Crippen LogP contribution >= 0.6 is 0 Å². The molecule has 3 aromatic carbocycles. The third-order valence-corrected chi connectivity index (χ3v) is 4.99. The Bertz CT molecular complexity index is 1160. The smallest absolute Gasteiger partial charge is 0.265 e. The predicted octanol–water partition coefficient (Wildman–Crippen LogP) is 4.44. The molecular formula is C24H19NO4. The minimum atomic E-state index is -0.440. The number of phenols is 1. The molecule has 3 aromatic rings. The summed E-state index contributed by atoms with van der Waals surface area (Å²) in [6.07, 6.45) is 1.59. The van der Waals surface area contributed by atoms with Gasteiger partial charge >= 0.3 is 0 Å². The maximum atomic E-state index is 13.4. The van der Waals surface area contributed by atoms with Crippen LogP contribution in [0.2, 0.25) is 0 Å². The lowest BCUT2D eigenvalue weighted by Crippen LogP contribution is -2.42. The van der Waals surface area contributed by atoms with Crippen molar-refractivity contribution in [3.63, 3.8) is 0 Å². The van der Waals surface area contributed by atoms with E-state index in [-0.39, 0.29) is 11.7 Å². The Kier molecular flexibility index (Phi) is 4.64. The molecule has 0 bridgehead atoms. The van der Waals surface area contributed by atoms with E-state index in [9.17, 15) is 14.7 Å². The number of para-hydroxylation sites is 2. The first-order valence-electron chi connectivity index (χ1n) is 9.14. The summed E-state index contributed by atoms with van der Waals surface area (Å²) < 4.78 is 5.17. The number of benzene rings is 3. The molecule has 0 spiro atoms. The van der Waals surface area contributed by atoms with Crippen LogP contribution in [0.3, 0.4) is 0 Å². The topological polar surface area (TPSA) is 66.8 Å². The van der Waals surface area contributed by atoms with E-state index in [4.69, 9.17) is 4.74 Å². The molecule has 0 aliphatic carbocycles. The molecule has 1 N–H and O–H groups in total. The van der Waals surface area contributed by atoms with Crippen molar-refractivity contribution in [3.05, 3.63) is 89.0 Å². The Morgan fingerprint density at radius 1 is 0.862 bits per heavy atom. The summed E-state index contributed by atoms with van der Waals surface area (Å²) in [6.45, 7) is 1.85. The number of carbonyl (C=O) groups excluding carboxylic acids is 2. The second kappa shape index (κ2) is 7.28. The Labute approximate surface area is 168 Å². The van der Waals surface area contributed by atoms with Crippen LogP contribution in [0.4, 0.5) is 5.69 Å². The molecule has 144 valence electrons. The van der Waals surface area contributed by atoms with Crippen LogP contribution in [0.1, 0.15) is 27.0 Å². The second-order valence-electron chi connectivity index (χ2n) is 6.73. The minimum Gasteiger partial charge on any atom is -0.504 e. The lowest BCUT2D eigenvalue weighted by molar-refractivity contribution is -0.112. The van der Waals surface area contributed by atoms with Gasteiger partial charge < -0.3 is 9.84 Å². The molecule has 1 aliphatic rings. The van der Waals surface area contributed by atoms with Crippen LogP contribution in [-0.2, 0) is 4.79 Å². The number of imide groups is 1. The first kappa shape index (κ1) is 18.5. The number of phenolic OH excluding ortho intramolecular Hbond substituents is 1. The predicted molar refractivity (Wildman–Crippen MR) is 112 cm³/mol. The van der Waals surface area contributed by atoms with Gasteiger partial charge in [0.25, 0.3) is 11.8 Å². The van der Waals surface area contributed by atoms with Gasteiger partial charge in [-0.05, 0) is 42.3 Å². The van der Waals surface area contributed by atoms with Crippen molar-refractivity contribution < 1.29 is 19.4 Å². The number of aryl methyl sites for hydroxylation is 1. The fourth-order valence-electron chi connectivity index (χ4n) is 3.50. The van der Waals surface area contributed by atoms with E-state index in [0.29, 0.717) is 33.7 Å². The number of nitrogens with zero attached hydrogens (tertiary/aromatic N) is 1. The molecule has 29 heavy (non-hydrogen) atoms. The highest BCUT2D eigenvalue weighted by Gasteiger charge is 2.36. The zero-order valence-corrected chi connectivity index (χ0v) is 16.0. The molecule has 0 unspecified atom stereocenters. The number of carbonyl (C=O) groups is 2. The monoisotopic (exact) mass is 385 g/mol. The van der Waals surface area contributed by atoms with E-state index >= 15 is 0 Å². The Morgan fingerprint density at radius 2 is 1.55 bits per heavy atom. The Balaban J connectivity index is 1.94. The number of hydrogen-bond acceptors (Lipinski definition) is 4. The van der Waals surface area contributed by atoms with Crippen molar-refractivity contribution in [2.75, 3.05) is 12.0 Å². The third kappa shape index (κ3) is 3.06. The van der Waals surface area contributed by atoms with E-state index in [1.165, 1.54) is 12.0 Å². The highest BCUT2D eigenvalue weighted by Crippen LogP contribution is 2.37. The lowest BCUT2D eigenvalue weighted by Gasteiger charge is -2.29. The largest absolute Gasteiger partial charge is 0.504 e. The Hall–Kier alpha value is -3.86. The molecule has 5 nitrogen and oxygen atoms in total. The van der Waals surface area contributed by atoms with Crippen molar-refractivity contribution in [2.24, 2.45) is 0 Å². The van der Waals surface area contributed by atoms with Crippen LogP contribution in [0, 0.1) is 6.92 Å². The highest BCUT2D eigenvalue weighted by molar-refractivity contribution is 6.43. The van der Waals surface area contributed by atoms with Crippen molar-refractivity contribution in [3.8, 4) is 11.5 Å². The summed E-state index contributed by atoms with van der Waals surface area (Å²) in [5.74, 6) is -0.563. The first-order chi connectivity index (χ1) is 14.0. The maximum absolute atomic E-state index is 13.4. The van der Waals surface area contributed by atoms with Gasteiger partial charge in [0.05, 0.1) is 12.8 Å². The number of ether oxygens (including phenoxy) is 1.